The van der Waals surface area contributed by atoms with Gasteiger partial charge in [0.15, 0.2) is 0 Å². The van der Waals surface area contributed by atoms with E-state index in [-0.39, 0.29) is 0 Å². The Hall–Kier alpha value is -1.89. The molecule has 6 nitrogen and oxygen atoms in total. The van der Waals surface area contributed by atoms with Crippen molar-refractivity contribution in [1.29, 1.82) is 0 Å². The van der Waals surface area contributed by atoms with Crippen LogP contribution in [0.1, 0.15) is 24.3 Å². The van der Waals surface area contributed by atoms with E-state index in [2.05, 4.69) is 62.7 Å². The van der Waals surface area contributed by atoms with Crippen LogP contribution in [0.3, 0.4) is 0 Å². The van der Waals surface area contributed by atoms with Gasteiger partial charge in [-0.1, -0.05) is 0 Å². The molecule has 0 bridgehead atoms. The Morgan fingerprint density at radius 1 is 1.14 bits per heavy atom. The number of hydrogen-bond donors (Lipinski definition) is 2. The van der Waals surface area contributed by atoms with Crippen molar-refractivity contribution in [3.63, 3.8) is 0 Å². The molecule has 0 unspecified atom stereocenters. The molecule has 0 fully saturated rings. The summed E-state index contributed by atoms with van der Waals surface area (Å²) in [6.07, 6.45) is 0. The van der Waals surface area contributed by atoms with Gasteiger partial charge in [0, 0.05) is 25.0 Å². The lowest BCUT2D eigenvalue weighted by atomic mass is 10.3. The summed E-state index contributed by atoms with van der Waals surface area (Å²) < 4.78 is 0. The average Bonchev–Trinajstić information content (AvgIpc) is 2.91. The van der Waals surface area contributed by atoms with E-state index < -0.39 is 0 Å². The number of aromatic nitrogens is 3. The van der Waals surface area contributed by atoms with E-state index in [0.29, 0.717) is 17.8 Å². The molecule has 0 atom stereocenters. The number of nitrogens with zero attached hydrogens (tertiary/aromatic N) is 4. The SMILES string of the molecule is CCN(CC)c1nc(NC)nc(NCc2sccc2C)n1. The van der Waals surface area contributed by atoms with Gasteiger partial charge in [0.25, 0.3) is 0 Å². The molecule has 2 heterocycles. The third kappa shape index (κ3) is 3.81. The minimum absolute atomic E-state index is 0.581. The molecule has 2 rings (SSSR count). The van der Waals surface area contributed by atoms with Gasteiger partial charge < -0.3 is 15.5 Å². The van der Waals surface area contributed by atoms with E-state index in [4.69, 9.17) is 0 Å². The number of nitrogens with one attached hydrogen (secondary N) is 2. The molecule has 0 aliphatic carbocycles. The van der Waals surface area contributed by atoms with Crippen molar-refractivity contribution < 1.29 is 0 Å². The third-order valence-corrected chi connectivity index (χ3v) is 4.29. The van der Waals surface area contributed by atoms with E-state index in [9.17, 15) is 0 Å². The predicted molar refractivity (Wildman–Crippen MR) is 89.3 cm³/mol. The molecular weight excluding hydrogens is 284 g/mol. The Balaban J connectivity index is 2.18. The molecule has 2 aromatic rings. The van der Waals surface area contributed by atoms with Gasteiger partial charge in [0.2, 0.25) is 17.8 Å². The second-order valence-corrected chi connectivity index (χ2v) is 5.59. The quantitative estimate of drug-likeness (QED) is 0.820. The van der Waals surface area contributed by atoms with Gasteiger partial charge in [-0.3, -0.25) is 0 Å². The molecule has 21 heavy (non-hydrogen) atoms. The fraction of sp³-hybridized carbons (Fsp3) is 0.500. The van der Waals surface area contributed by atoms with Gasteiger partial charge in [-0.05, 0) is 37.8 Å². The first-order valence-electron chi connectivity index (χ1n) is 7.13. The van der Waals surface area contributed by atoms with Crippen LogP contribution in [0.5, 0.6) is 0 Å². The minimum Gasteiger partial charge on any atom is -0.357 e. The first-order valence-corrected chi connectivity index (χ1v) is 8.01. The zero-order chi connectivity index (χ0) is 15.2. The van der Waals surface area contributed by atoms with Crippen LogP contribution in [0.15, 0.2) is 11.4 Å². The Morgan fingerprint density at radius 2 is 1.86 bits per heavy atom. The fourth-order valence-electron chi connectivity index (χ4n) is 1.95. The highest BCUT2D eigenvalue weighted by Gasteiger charge is 2.10. The highest BCUT2D eigenvalue weighted by molar-refractivity contribution is 7.10. The maximum absolute atomic E-state index is 4.51. The lowest BCUT2D eigenvalue weighted by molar-refractivity contribution is 0.813. The summed E-state index contributed by atoms with van der Waals surface area (Å²) in [4.78, 5) is 16.7. The van der Waals surface area contributed by atoms with Gasteiger partial charge >= 0.3 is 0 Å². The lowest BCUT2D eigenvalue weighted by Gasteiger charge is -2.19. The van der Waals surface area contributed by atoms with Crippen molar-refractivity contribution in [3.8, 4) is 0 Å². The Kier molecular flexibility index (Phi) is 5.32. The number of anilines is 3. The number of aryl methyl sites for hydroxylation is 1. The lowest BCUT2D eigenvalue weighted by Crippen LogP contribution is -2.25. The van der Waals surface area contributed by atoms with Crippen LogP contribution in [0, 0.1) is 6.92 Å². The average molecular weight is 306 g/mol. The van der Waals surface area contributed by atoms with Crippen LogP contribution >= 0.6 is 11.3 Å². The smallest absolute Gasteiger partial charge is 0.231 e. The molecule has 0 saturated carbocycles. The van der Waals surface area contributed by atoms with Crippen molar-refractivity contribution >= 4 is 29.2 Å². The second-order valence-electron chi connectivity index (χ2n) is 4.59. The molecule has 2 aromatic heterocycles. The standard InChI is InChI=1S/C14H22N6S/c1-5-20(6-2)14-18-12(15-4)17-13(19-14)16-9-11-10(3)7-8-21-11/h7-8H,5-6,9H2,1-4H3,(H2,15,16,17,18,19). The third-order valence-electron chi connectivity index (χ3n) is 3.27. The molecule has 7 heteroatoms. The Labute approximate surface area is 129 Å². The van der Waals surface area contributed by atoms with E-state index in [0.717, 1.165) is 19.6 Å². The van der Waals surface area contributed by atoms with Crippen LogP contribution < -0.4 is 15.5 Å². The Morgan fingerprint density at radius 3 is 2.43 bits per heavy atom. The van der Waals surface area contributed by atoms with Crippen LogP contribution in [-0.2, 0) is 6.54 Å². The number of hydrogen-bond acceptors (Lipinski definition) is 7. The first-order chi connectivity index (χ1) is 10.2. The molecule has 0 amide bonds. The van der Waals surface area contributed by atoms with Crippen LogP contribution in [0.4, 0.5) is 17.8 Å². The predicted octanol–water partition coefficient (Wildman–Crippen LogP) is 2.74. The maximum Gasteiger partial charge on any atom is 0.231 e. The van der Waals surface area contributed by atoms with Gasteiger partial charge in [-0.2, -0.15) is 15.0 Å². The van der Waals surface area contributed by atoms with Crippen molar-refractivity contribution in [1.82, 2.24) is 15.0 Å². The molecule has 0 aliphatic heterocycles. The summed E-state index contributed by atoms with van der Waals surface area (Å²) in [5.41, 5.74) is 1.29. The summed E-state index contributed by atoms with van der Waals surface area (Å²) in [6, 6.07) is 2.12. The van der Waals surface area contributed by atoms with Crippen molar-refractivity contribution in [3.05, 3.63) is 21.9 Å². The zero-order valence-corrected chi connectivity index (χ0v) is 13.8. The molecule has 2 N–H and O–H groups in total. The molecular formula is C14H22N6S. The largest absolute Gasteiger partial charge is 0.357 e. The molecule has 0 saturated heterocycles. The molecule has 0 aliphatic rings. The van der Waals surface area contributed by atoms with E-state index in [1.54, 1.807) is 11.3 Å². The minimum atomic E-state index is 0.581. The van der Waals surface area contributed by atoms with Crippen molar-refractivity contribution in [2.45, 2.75) is 27.3 Å². The molecule has 0 aromatic carbocycles. The molecule has 0 radical (unpaired) electrons. The van der Waals surface area contributed by atoms with E-state index in [1.807, 2.05) is 7.05 Å². The van der Waals surface area contributed by atoms with Crippen LogP contribution in [0.25, 0.3) is 0 Å². The zero-order valence-electron chi connectivity index (χ0n) is 13.0. The van der Waals surface area contributed by atoms with Crippen molar-refractivity contribution in [2.24, 2.45) is 0 Å². The number of thiophene rings is 1. The van der Waals surface area contributed by atoms with Crippen LogP contribution in [-0.4, -0.2) is 35.1 Å². The summed E-state index contributed by atoms with van der Waals surface area (Å²) in [7, 11) is 1.81. The summed E-state index contributed by atoms with van der Waals surface area (Å²) in [6.45, 7) is 8.76. The fourth-order valence-corrected chi connectivity index (χ4v) is 2.79. The molecule has 114 valence electrons. The van der Waals surface area contributed by atoms with Crippen molar-refractivity contribution in [2.75, 3.05) is 35.7 Å². The normalized spacial score (nSPS) is 10.5. The highest BCUT2D eigenvalue weighted by Crippen LogP contribution is 2.18. The Bertz CT molecular complexity index is 579. The maximum atomic E-state index is 4.51. The van der Waals surface area contributed by atoms with Gasteiger partial charge in [-0.15, -0.1) is 11.3 Å². The molecule has 0 spiro atoms. The van der Waals surface area contributed by atoms with Crippen LogP contribution in [0.2, 0.25) is 0 Å². The van der Waals surface area contributed by atoms with E-state index in [1.165, 1.54) is 10.4 Å². The highest BCUT2D eigenvalue weighted by atomic mass is 32.1. The van der Waals surface area contributed by atoms with Gasteiger partial charge in [0.1, 0.15) is 0 Å². The summed E-state index contributed by atoms with van der Waals surface area (Å²) >= 11 is 1.74. The summed E-state index contributed by atoms with van der Waals surface area (Å²) in [5.74, 6) is 1.88. The monoisotopic (exact) mass is 306 g/mol. The first kappa shape index (κ1) is 15.5. The topological polar surface area (TPSA) is 66.0 Å². The number of rotatable bonds is 7. The summed E-state index contributed by atoms with van der Waals surface area (Å²) in [5, 5.41) is 8.37. The second kappa shape index (κ2) is 7.21. The van der Waals surface area contributed by atoms with Gasteiger partial charge in [-0.25, -0.2) is 0 Å². The van der Waals surface area contributed by atoms with E-state index >= 15 is 0 Å². The van der Waals surface area contributed by atoms with Gasteiger partial charge in [0.05, 0.1) is 6.54 Å².